The zero-order valence-electron chi connectivity index (χ0n) is 16.2. The minimum atomic E-state index is -1.10. The van der Waals surface area contributed by atoms with E-state index in [4.69, 9.17) is 9.84 Å². The minimum absolute atomic E-state index is 0.0394. The van der Waals surface area contributed by atoms with Crippen LogP contribution in [0.5, 0.6) is 0 Å². The minimum Gasteiger partial charge on any atom is -0.478 e. The molecule has 0 bridgehead atoms. The number of esters is 1. The molecule has 0 saturated carbocycles. The molecule has 0 saturated heterocycles. The number of amides is 1. The van der Waals surface area contributed by atoms with E-state index < -0.39 is 24.5 Å². The molecular formula is C23H17N3O5. The van der Waals surface area contributed by atoms with E-state index >= 15 is 0 Å². The van der Waals surface area contributed by atoms with Gasteiger partial charge in [-0.25, -0.2) is 14.6 Å². The first-order valence-corrected chi connectivity index (χ1v) is 9.35. The number of anilines is 1. The molecule has 0 fully saturated rings. The monoisotopic (exact) mass is 415 g/mol. The predicted octanol–water partition coefficient (Wildman–Crippen LogP) is 3.72. The van der Waals surface area contributed by atoms with Crippen molar-refractivity contribution < 1.29 is 24.2 Å². The lowest BCUT2D eigenvalue weighted by Crippen LogP contribution is -2.21. The molecule has 31 heavy (non-hydrogen) atoms. The Hall–Kier alpha value is -4.46. The van der Waals surface area contributed by atoms with Crippen molar-refractivity contribution >= 4 is 34.6 Å². The van der Waals surface area contributed by atoms with Gasteiger partial charge in [-0.3, -0.25) is 4.79 Å². The zero-order chi connectivity index (χ0) is 21.8. The van der Waals surface area contributed by atoms with E-state index in [1.165, 1.54) is 18.2 Å². The molecule has 4 aromatic rings. The Morgan fingerprint density at radius 3 is 2.52 bits per heavy atom. The first kappa shape index (κ1) is 19.8. The SMILES string of the molecule is O=C(COC(=O)c1ccc2nc(-c3ccccc3)[nH]c2c1)Nc1cccc(C(=O)O)c1. The van der Waals surface area contributed by atoms with Crippen molar-refractivity contribution in [1.29, 1.82) is 0 Å². The number of nitrogens with one attached hydrogen (secondary N) is 2. The highest BCUT2D eigenvalue weighted by molar-refractivity contribution is 5.98. The van der Waals surface area contributed by atoms with Gasteiger partial charge in [0.1, 0.15) is 5.82 Å². The van der Waals surface area contributed by atoms with Crippen molar-refractivity contribution in [3.05, 3.63) is 83.9 Å². The first-order chi connectivity index (χ1) is 15.0. The lowest BCUT2D eigenvalue weighted by Gasteiger charge is -2.07. The van der Waals surface area contributed by atoms with Crippen molar-refractivity contribution in [3.8, 4) is 11.4 Å². The zero-order valence-corrected chi connectivity index (χ0v) is 16.2. The van der Waals surface area contributed by atoms with Crippen LogP contribution in [0.1, 0.15) is 20.7 Å². The van der Waals surface area contributed by atoms with Crippen LogP contribution in [0, 0.1) is 0 Å². The number of imidazole rings is 1. The van der Waals surface area contributed by atoms with Crippen LogP contribution in [0.25, 0.3) is 22.4 Å². The molecule has 8 nitrogen and oxygen atoms in total. The Balaban J connectivity index is 1.40. The molecule has 4 rings (SSSR count). The second-order valence-electron chi connectivity index (χ2n) is 6.69. The van der Waals surface area contributed by atoms with Crippen molar-refractivity contribution in [2.24, 2.45) is 0 Å². The van der Waals surface area contributed by atoms with Gasteiger partial charge in [-0.15, -0.1) is 0 Å². The third kappa shape index (κ3) is 4.59. The molecule has 0 radical (unpaired) electrons. The number of fused-ring (bicyclic) bond motifs is 1. The molecule has 0 atom stereocenters. The normalized spacial score (nSPS) is 10.6. The van der Waals surface area contributed by atoms with E-state index in [1.54, 1.807) is 24.3 Å². The summed E-state index contributed by atoms with van der Waals surface area (Å²) in [4.78, 5) is 43.1. The Labute approximate surface area is 176 Å². The third-order valence-electron chi connectivity index (χ3n) is 4.49. The number of carboxylic acid groups (broad SMARTS) is 1. The highest BCUT2D eigenvalue weighted by atomic mass is 16.5. The van der Waals surface area contributed by atoms with E-state index in [2.05, 4.69) is 15.3 Å². The molecule has 3 aromatic carbocycles. The fraction of sp³-hybridized carbons (Fsp3) is 0.0435. The number of carbonyl (C=O) groups excluding carboxylic acids is 2. The molecule has 0 unspecified atom stereocenters. The molecular weight excluding hydrogens is 398 g/mol. The van der Waals surface area contributed by atoms with Gasteiger partial charge in [-0.05, 0) is 36.4 Å². The molecule has 0 aliphatic rings. The number of hydrogen-bond acceptors (Lipinski definition) is 5. The summed E-state index contributed by atoms with van der Waals surface area (Å²) in [6.45, 7) is -0.508. The topological polar surface area (TPSA) is 121 Å². The quantitative estimate of drug-likeness (QED) is 0.413. The molecule has 8 heteroatoms. The molecule has 154 valence electrons. The predicted molar refractivity (Wildman–Crippen MR) is 114 cm³/mol. The Bertz CT molecular complexity index is 1280. The van der Waals surface area contributed by atoms with Gasteiger partial charge >= 0.3 is 11.9 Å². The Morgan fingerprint density at radius 2 is 1.74 bits per heavy atom. The maximum atomic E-state index is 12.4. The van der Waals surface area contributed by atoms with Crippen LogP contribution in [0.3, 0.4) is 0 Å². The average molecular weight is 415 g/mol. The third-order valence-corrected chi connectivity index (χ3v) is 4.49. The number of aromatic carboxylic acids is 1. The molecule has 1 amide bonds. The van der Waals surface area contributed by atoms with Gasteiger partial charge in [0, 0.05) is 11.3 Å². The lowest BCUT2D eigenvalue weighted by molar-refractivity contribution is -0.119. The smallest absolute Gasteiger partial charge is 0.338 e. The van der Waals surface area contributed by atoms with Crippen LogP contribution in [0.2, 0.25) is 0 Å². The van der Waals surface area contributed by atoms with E-state index in [0.717, 1.165) is 5.56 Å². The van der Waals surface area contributed by atoms with Gasteiger partial charge in [0.05, 0.1) is 22.2 Å². The summed E-state index contributed by atoms with van der Waals surface area (Å²) in [6, 6.07) is 20.3. The van der Waals surface area contributed by atoms with Gasteiger partial charge in [0.25, 0.3) is 5.91 Å². The van der Waals surface area contributed by atoms with Gasteiger partial charge in [-0.1, -0.05) is 36.4 Å². The Morgan fingerprint density at radius 1 is 0.935 bits per heavy atom. The van der Waals surface area contributed by atoms with Crippen molar-refractivity contribution in [2.45, 2.75) is 0 Å². The van der Waals surface area contributed by atoms with Crippen LogP contribution < -0.4 is 5.32 Å². The summed E-state index contributed by atoms with van der Waals surface area (Å²) >= 11 is 0. The van der Waals surface area contributed by atoms with Crippen LogP contribution in [-0.4, -0.2) is 39.5 Å². The average Bonchev–Trinajstić information content (AvgIpc) is 3.21. The Kier molecular flexibility index (Phi) is 5.44. The van der Waals surface area contributed by atoms with E-state index in [-0.39, 0.29) is 11.1 Å². The summed E-state index contributed by atoms with van der Waals surface area (Å²) in [5.74, 6) is -1.66. The van der Waals surface area contributed by atoms with Crippen molar-refractivity contribution in [3.63, 3.8) is 0 Å². The maximum Gasteiger partial charge on any atom is 0.338 e. The van der Waals surface area contributed by atoms with E-state index in [9.17, 15) is 14.4 Å². The standard InChI is InChI=1S/C23H17N3O5/c27-20(24-17-8-4-7-15(11-17)22(28)29)13-31-23(30)16-9-10-18-19(12-16)26-21(25-18)14-5-2-1-3-6-14/h1-12H,13H2,(H,24,27)(H,25,26)(H,28,29). The number of hydrogen-bond donors (Lipinski definition) is 3. The second kappa shape index (κ2) is 8.50. The molecule has 0 aliphatic carbocycles. The number of benzene rings is 3. The summed E-state index contributed by atoms with van der Waals surface area (Å²) in [5.41, 5.74) is 2.91. The molecule has 1 aromatic heterocycles. The summed E-state index contributed by atoms with van der Waals surface area (Å²) < 4.78 is 5.08. The molecule has 3 N–H and O–H groups in total. The summed E-state index contributed by atoms with van der Waals surface area (Å²) in [5, 5.41) is 11.5. The first-order valence-electron chi connectivity index (χ1n) is 9.35. The number of ether oxygens (including phenoxy) is 1. The summed E-state index contributed by atoms with van der Waals surface area (Å²) in [6.07, 6.45) is 0. The summed E-state index contributed by atoms with van der Waals surface area (Å²) in [7, 11) is 0. The number of rotatable bonds is 6. The van der Waals surface area contributed by atoms with E-state index in [1.807, 2.05) is 30.3 Å². The second-order valence-corrected chi connectivity index (χ2v) is 6.69. The van der Waals surface area contributed by atoms with Crippen LogP contribution in [0.15, 0.2) is 72.8 Å². The lowest BCUT2D eigenvalue weighted by atomic mass is 10.2. The highest BCUT2D eigenvalue weighted by Gasteiger charge is 2.13. The fourth-order valence-electron chi connectivity index (χ4n) is 3.01. The van der Waals surface area contributed by atoms with Crippen LogP contribution >= 0.6 is 0 Å². The number of aromatic amines is 1. The number of nitrogens with zero attached hydrogens (tertiary/aromatic N) is 1. The number of carbonyl (C=O) groups is 3. The number of aromatic nitrogens is 2. The van der Waals surface area contributed by atoms with Gasteiger partial charge in [0.2, 0.25) is 0 Å². The van der Waals surface area contributed by atoms with Crippen LogP contribution in [-0.2, 0) is 9.53 Å². The van der Waals surface area contributed by atoms with E-state index in [0.29, 0.717) is 22.5 Å². The van der Waals surface area contributed by atoms with Gasteiger partial charge < -0.3 is 20.1 Å². The molecule has 0 spiro atoms. The number of H-pyrrole nitrogens is 1. The molecule has 1 heterocycles. The fourth-order valence-corrected chi connectivity index (χ4v) is 3.01. The highest BCUT2D eigenvalue weighted by Crippen LogP contribution is 2.21. The molecule has 0 aliphatic heterocycles. The maximum absolute atomic E-state index is 12.4. The van der Waals surface area contributed by atoms with Crippen molar-refractivity contribution in [2.75, 3.05) is 11.9 Å². The van der Waals surface area contributed by atoms with Crippen molar-refractivity contribution in [1.82, 2.24) is 9.97 Å². The van der Waals surface area contributed by atoms with Crippen LogP contribution in [0.4, 0.5) is 5.69 Å². The number of carboxylic acids is 1. The van der Waals surface area contributed by atoms with Gasteiger partial charge in [-0.2, -0.15) is 0 Å². The van der Waals surface area contributed by atoms with Gasteiger partial charge in [0.15, 0.2) is 6.61 Å². The largest absolute Gasteiger partial charge is 0.478 e.